The van der Waals surface area contributed by atoms with Gasteiger partial charge in [-0.1, -0.05) is 13.8 Å². The molecule has 0 aromatic carbocycles. The number of anilines is 1. The number of H-pyrrole nitrogens is 1. The Kier molecular flexibility index (Phi) is 3.55. The van der Waals surface area contributed by atoms with Crippen LogP contribution in [0.2, 0.25) is 0 Å². The molecule has 0 aliphatic carbocycles. The fraction of sp³-hybridized carbons (Fsp3) is 0.333. The van der Waals surface area contributed by atoms with Crippen molar-refractivity contribution in [2.75, 3.05) is 5.32 Å². The van der Waals surface area contributed by atoms with Gasteiger partial charge in [-0.05, 0) is 5.92 Å². The first-order valence-electron chi connectivity index (χ1n) is 6.06. The number of nitrogens with zero attached hydrogens (tertiary/aromatic N) is 3. The van der Waals surface area contributed by atoms with Crippen LogP contribution >= 0.6 is 0 Å². The smallest absolute Gasteiger partial charge is 0.287 e. The molecule has 0 bridgehead atoms. The minimum Gasteiger partial charge on any atom is -0.340 e. The Morgan fingerprint density at radius 2 is 2.20 bits per heavy atom. The molecule has 0 saturated heterocycles. The Bertz CT molecular complexity index is 656. The second-order valence-corrected chi connectivity index (χ2v) is 4.77. The summed E-state index contributed by atoms with van der Waals surface area (Å²) in [6, 6.07) is 2.96. The van der Waals surface area contributed by atoms with Crippen LogP contribution in [-0.2, 0) is 7.05 Å². The maximum absolute atomic E-state index is 12.0. The molecule has 8 heteroatoms. The summed E-state index contributed by atoms with van der Waals surface area (Å²) in [4.78, 5) is 22.2. The topological polar surface area (TPSA) is 106 Å². The van der Waals surface area contributed by atoms with Crippen molar-refractivity contribution in [3.8, 4) is 0 Å². The number of carbonyl (C=O) groups is 1. The second-order valence-electron chi connectivity index (χ2n) is 4.77. The van der Waals surface area contributed by atoms with Crippen LogP contribution in [0.4, 0.5) is 11.5 Å². The molecule has 0 radical (unpaired) electrons. The Hall–Kier alpha value is -2.64. The van der Waals surface area contributed by atoms with E-state index in [1.165, 1.54) is 16.8 Å². The third-order valence-corrected chi connectivity index (χ3v) is 2.90. The Balaban J connectivity index is 2.17. The van der Waals surface area contributed by atoms with E-state index < -0.39 is 10.8 Å². The monoisotopic (exact) mass is 277 g/mol. The van der Waals surface area contributed by atoms with Crippen LogP contribution in [0.1, 0.15) is 35.9 Å². The van der Waals surface area contributed by atoms with Crippen molar-refractivity contribution in [3.05, 3.63) is 39.8 Å². The highest BCUT2D eigenvalue weighted by atomic mass is 16.6. The maximum atomic E-state index is 12.0. The number of hydrogen-bond donors (Lipinski definition) is 2. The van der Waals surface area contributed by atoms with Crippen molar-refractivity contribution in [2.45, 2.75) is 19.8 Å². The zero-order valence-electron chi connectivity index (χ0n) is 11.4. The van der Waals surface area contributed by atoms with Crippen molar-refractivity contribution in [2.24, 2.45) is 7.05 Å². The first-order valence-corrected chi connectivity index (χ1v) is 6.06. The summed E-state index contributed by atoms with van der Waals surface area (Å²) >= 11 is 0. The van der Waals surface area contributed by atoms with E-state index in [0.29, 0.717) is 5.82 Å². The van der Waals surface area contributed by atoms with Crippen molar-refractivity contribution in [1.82, 2.24) is 14.8 Å². The van der Waals surface area contributed by atoms with Gasteiger partial charge in [-0.2, -0.15) is 5.10 Å². The molecule has 2 aromatic heterocycles. The Morgan fingerprint density at radius 3 is 2.70 bits per heavy atom. The summed E-state index contributed by atoms with van der Waals surface area (Å²) in [7, 11) is 1.58. The molecule has 0 fully saturated rings. The van der Waals surface area contributed by atoms with Crippen LogP contribution in [0.15, 0.2) is 18.3 Å². The van der Waals surface area contributed by atoms with Crippen LogP contribution in [0.25, 0.3) is 0 Å². The molecular formula is C12H15N5O3. The van der Waals surface area contributed by atoms with Gasteiger partial charge in [-0.15, -0.1) is 0 Å². The number of aromatic amines is 1. The van der Waals surface area contributed by atoms with Crippen LogP contribution in [0, 0.1) is 10.1 Å². The normalized spacial score (nSPS) is 10.8. The molecule has 20 heavy (non-hydrogen) atoms. The quantitative estimate of drug-likeness (QED) is 0.658. The molecule has 0 spiro atoms. The number of rotatable bonds is 4. The molecule has 0 aliphatic rings. The lowest BCUT2D eigenvalue weighted by atomic mass is 10.1. The summed E-state index contributed by atoms with van der Waals surface area (Å²) in [5.41, 5.74) is 0.978. The van der Waals surface area contributed by atoms with Gasteiger partial charge in [-0.3, -0.25) is 20.0 Å². The van der Waals surface area contributed by atoms with Crippen molar-refractivity contribution < 1.29 is 9.72 Å². The van der Waals surface area contributed by atoms with Gasteiger partial charge in [0.2, 0.25) is 0 Å². The van der Waals surface area contributed by atoms with Crippen LogP contribution in [0.5, 0.6) is 0 Å². The van der Waals surface area contributed by atoms with E-state index in [2.05, 4.69) is 15.5 Å². The molecule has 0 aliphatic heterocycles. The first kappa shape index (κ1) is 13.8. The average molecular weight is 277 g/mol. The van der Waals surface area contributed by atoms with Gasteiger partial charge in [0.1, 0.15) is 5.69 Å². The van der Waals surface area contributed by atoms with E-state index in [1.807, 2.05) is 13.8 Å². The number of hydrogen-bond acceptors (Lipinski definition) is 4. The predicted molar refractivity (Wildman–Crippen MR) is 72.7 cm³/mol. The summed E-state index contributed by atoms with van der Waals surface area (Å²) in [6.07, 6.45) is 1.29. The van der Waals surface area contributed by atoms with E-state index in [9.17, 15) is 14.9 Å². The number of nitrogens with one attached hydrogen (secondary N) is 2. The number of aryl methyl sites for hydroxylation is 1. The molecule has 2 rings (SSSR count). The lowest BCUT2D eigenvalue weighted by Gasteiger charge is -2.02. The Labute approximate surface area is 114 Å². The van der Waals surface area contributed by atoms with Crippen molar-refractivity contribution in [3.63, 3.8) is 0 Å². The summed E-state index contributed by atoms with van der Waals surface area (Å²) in [5.74, 6) is 0.217. The van der Waals surface area contributed by atoms with Gasteiger partial charge in [0.05, 0.1) is 11.1 Å². The molecule has 106 valence electrons. The summed E-state index contributed by atoms with van der Waals surface area (Å²) in [6.45, 7) is 4.00. The molecule has 0 unspecified atom stereocenters. The van der Waals surface area contributed by atoms with E-state index in [-0.39, 0.29) is 17.3 Å². The van der Waals surface area contributed by atoms with Crippen molar-refractivity contribution >= 4 is 17.4 Å². The van der Waals surface area contributed by atoms with Gasteiger partial charge in [0.25, 0.3) is 11.6 Å². The van der Waals surface area contributed by atoms with Crippen molar-refractivity contribution in [1.29, 1.82) is 0 Å². The lowest BCUT2D eigenvalue weighted by Crippen LogP contribution is -2.15. The molecular weight excluding hydrogens is 262 g/mol. The van der Waals surface area contributed by atoms with E-state index in [4.69, 9.17) is 0 Å². The molecule has 2 aromatic rings. The highest BCUT2D eigenvalue weighted by Gasteiger charge is 2.18. The summed E-state index contributed by atoms with van der Waals surface area (Å²) < 4.78 is 1.41. The van der Waals surface area contributed by atoms with Gasteiger partial charge in [0.15, 0.2) is 5.82 Å². The molecule has 2 N–H and O–H groups in total. The van der Waals surface area contributed by atoms with Crippen LogP contribution in [-0.4, -0.2) is 25.6 Å². The van der Waals surface area contributed by atoms with Crippen LogP contribution < -0.4 is 5.32 Å². The SMILES string of the molecule is CC(C)c1cc(NC(=O)c2cc([N+](=O)[O-])cn2C)n[nH]1. The van der Waals surface area contributed by atoms with Gasteiger partial charge >= 0.3 is 0 Å². The second kappa shape index (κ2) is 5.16. The highest BCUT2D eigenvalue weighted by molar-refractivity contribution is 6.03. The zero-order chi connectivity index (χ0) is 14.9. The zero-order valence-corrected chi connectivity index (χ0v) is 11.4. The van der Waals surface area contributed by atoms with E-state index in [0.717, 1.165) is 5.69 Å². The number of aromatic nitrogens is 3. The lowest BCUT2D eigenvalue weighted by molar-refractivity contribution is -0.384. The highest BCUT2D eigenvalue weighted by Crippen LogP contribution is 2.18. The first-order chi connectivity index (χ1) is 9.38. The standard InChI is InChI=1S/C12H15N5O3/c1-7(2)9-5-11(15-14-9)13-12(18)10-4-8(17(19)20)6-16(10)3/h4-7H,1-3H3,(H2,13,14,15,18). The molecule has 0 saturated carbocycles. The van der Waals surface area contributed by atoms with Gasteiger partial charge in [0, 0.05) is 24.9 Å². The van der Waals surface area contributed by atoms with E-state index in [1.54, 1.807) is 13.1 Å². The molecule has 1 amide bonds. The molecule has 0 atom stereocenters. The summed E-state index contributed by atoms with van der Waals surface area (Å²) in [5, 5.41) is 20.1. The van der Waals surface area contributed by atoms with Gasteiger partial charge < -0.3 is 9.88 Å². The number of carbonyl (C=O) groups excluding carboxylic acids is 1. The fourth-order valence-electron chi connectivity index (χ4n) is 1.75. The van der Waals surface area contributed by atoms with Gasteiger partial charge in [-0.25, -0.2) is 0 Å². The average Bonchev–Trinajstić information content (AvgIpc) is 2.95. The fourth-order valence-corrected chi connectivity index (χ4v) is 1.75. The molecule has 8 nitrogen and oxygen atoms in total. The minimum absolute atomic E-state index is 0.123. The predicted octanol–water partition coefficient (Wildman–Crippen LogP) is 2.03. The number of amides is 1. The third kappa shape index (κ3) is 2.68. The molecule has 2 heterocycles. The largest absolute Gasteiger partial charge is 0.340 e. The minimum atomic E-state index is -0.539. The maximum Gasteiger partial charge on any atom is 0.287 e. The Morgan fingerprint density at radius 1 is 1.50 bits per heavy atom. The van der Waals surface area contributed by atoms with Crippen LogP contribution in [0.3, 0.4) is 0 Å². The third-order valence-electron chi connectivity index (χ3n) is 2.90. The van der Waals surface area contributed by atoms with E-state index >= 15 is 0 Å². The number of nitro groups is 1.